The van der Waals surface area contributed by atoms with E-state index in [1.54, 1.807) is 0 Å². The summed E-state index contributed by atoms with van der Waals surface area (Å²) in [6.45, 7) is 0. The molecule has 0 radical (unpaired) electrons. The van der Waals surface area contributed by atoms with Crippen LogP contribution in [0.3, 0.4) is 0 Å². The monoisotopic (exact) mass is 211 g/mol. The molecule has 0 bridgehead atoms. The summed E-state index contributed by atoms with van der Waals surface area (Å²) in [5.74, 6) is 0. The maximum absolute atomic E-state index is 10.5. The molecule has 3 nitrogen and oxygen atoms in total. The average molecular weight is 212 g/mol. The van der Waals surface area contributed by atoms with Crippen LogP contribution in [-0.4, -0.2) is 16.4 Å². The molecular weight excluding hydrogens is 198 g/mol. The van der Waals surface area contributed by atoms with Gasteiger partial charge >= 0.3 is 0 Å². The van der Waals surface area contributed by atoms with Gasteiger partial charge in [0.25, 0.3) is 10.3 Å². The maximum Gasteiger partial charge on any atom is 0.256 e. The zero-order valence-electron chi connectivity index (χ0n) is 6.87. The fourth-order valence-corrected chi connectivity index (χ4v) is 2.21. The fourth-order valence-electron chi connectivity index (χ4n) is 1.50. The van der Waals surface area contributed by atoms with Gasteiger partial charge in [0.05, 0.1) is 6.10 Å². The van der Waals surface area contributed by atoms with Crippen molar-refractivity contribution in [1.82, 2.24) is 0 Å². The lowest BCUT2D eigenvalue weighted by Gasteiger charge is -2.10. The Kier molecular flexibility index (Phi) is 4.50. The molecule has 1 rings (SSSR count). The summed E-state index contributed by atoms with van der Waals surface area (Å²) in [6.07, 6.45) is 4.86. The summed E-state index contributed by atoms with van der Waals surface area (Å²) in [5, 5.41) is 0. The van der Waals surface area contributed by atoms with E-state index in [1.165, 1.54) is 0 Å². The van der Waals surface area contributed by atoms with Crippen molar-refractivity contribution < 1.29 is 8.39 Å². The van der Waals surface area contributed by atoms with Crippen molar-refractivity contribution >= 4 is 21.0 Å². The molecule has 0 aliphatic heterocycles. The third-order valence-electron chi connectivity index (χ3n) is 2.17. The van der Waals surface area contributed by atoms with Crippen LogP contribution in [-0.2, 0) is 14.5 Å². The summed E-state index contributed by atoms with van der Waals surface area (Å²) >= 11 is 0. The van der Waals surface area contributed by atoms with E-state index in [2.05, 4.69) is 0 Å². The topological polar surface area (TPSA) is 52.3 Å². The predicted molar refractivity (Wildman–Crippen MR) is 49.9 cm³/mol. The minimum Gasteiger partial charge on any atom is -0.328 e. The Bertz CT molecular complexity index is 167. The summed E-state index contributed by atoms with van der Waals surface area (Å²) in [5.41, 5.74) is 5.76. The van der Waals surface area contributed by atoms with Crippen LogP contribution in [0.5, 0.6) is 0 Å². The Morgan fingerprint density at radius 3 is 2.75 bits per heavy atom. The van der Waals surface area contributed by atoms with E-state index in [1.807, 2.05) is 0 Å². The van der Waals surface area contributed by atoms with Crippen molar-refractivity contribution in [3.63, 3.8) is 0 Å². The van der Waals surface area contributed by atoms with Crippen LogP contribution in [0.4, 0.5) is 0 Å². The second-order valence-corrected chi connectivity index (χ2v) is 4.52. The first-order chi connectivity index (χ1) is 5.68. The molecule has 0 saturated heterocycles. The molecule has 0 spiro atoms. The van der Waals surface area contributed by atoms with Gasteiger partial charge in [0.15, 0.2) is 0 Å². The molecule has 12 heavy (non-hydrogen) atoms. The lowest BCUT2D eigenvalue weighted by Crippen LogP contribution is -2.19. The van der Waals surface area contributed by atoms with Crippen molar-refractivity contribution in [2.45, 2.75) is 44.2 Å². The zero-order valence-corrected chi connectivity index (χ0v) is 8.44. The maximum atomic E-state index is 10.5. The third-order valence-corrected chi connectivity index (χ3v) is 2.81. The van der Waals surface area contributed by atoms with Gasteiger partial charge in [-0.15, -0.1) is 0 Å². The molecule has 0 aromatic rings. The Balaban J connectivity index is 2.30. The predicted octanol–water partition coefficient (Wildman–Crippen LogP) is 1.48. The van der Waals surface area contributed by atoms with Gasteiger partial charge in [0.1, 0.15) is 0 Å². The highest BCUT2D eigenvalue weighted by Crippen LogP contribution is 2.20. The first-order valence-electron chi connectivity index (χ1n) is 4.19. The number of hydrogen-bond acceptors (Lipinski definition) is 3. The average Bonchev–Trinajstić information content (AvgIpc) is 2.15. The van der Waals surface area contributed by atoms with Crippen LogP contribution in [0.1, 0.15) is 32.1 Å². The minimum atomic E-state index is -1.65. The Labute approximate surface area is 79.8 Å². The van der Waals surface area contributed by atoms with E-state index in [9.17, 15) is 4.21 Å². The summed E-state index contributed by atoms with van der Waals surface area (Å²) in [7, 11) is 3.57. The van der Waals surface area contributed by atoms with Crippen LogP contribution in [0, 0.1) is 0 Å². The highest BCUT2D eigenvalue weighted by atomic mass is 35.7. The van der Waals surface area contributed by atoms with Crippen LogP contribution >= 0.6 is 10.7 Å². The largest absolute Gasteiger partial charge is 0.328 e. The van der Waals surface area contributed by atoms with E-state index in [0.29, 0.717) is 0 Å². The minimum absolute atomic E-state index is 0.0388. The van der Waals surface area contributed by atoms with Gasteiger partial charge in [-0.2, -0.15) is 0 Å². The highest BCUT2D eigenvalue weighted by molar-refractivity contribution is 8.04. The van der Waals surface area contributed by atoms with Crippen molar-refractivity contribution in [2.75, 3.05) is 0 Å². The quantitative estimate of drug-likeness (QED) is 0.556. The molecule has 1 aliphatic carbocycles. The van der Waals surface area contributed by atoms with Crippen LogP contribution < -0.4 is 5.73 Å². The van der Waals surface area contributed by atoms with Gasteiger partial charge in [-0.3, -0.25) is 4.18 Å². The van der Waals surface area contributed by atoms with E-state index in [0.717, 1.165) is 32.1 Å². The molecule has 72 valence electrons. The highest BCUT2D eigenvalue weighted by Gasteiger charge is 2.18. The fraction of sp³-hybridized carbons (Fsp3) is 1.00. The number of halogens is 1. The molecule has 3 atom stereocenters. The van der Waals surface area contributed by atoms with E-state index >= 15 is 0 Å². The smallest absolute Gasteiger partial charge is 0.256 e. The van der Waals surface area contributed by atoms with Gasteiger partial charge in [-0.25, -0.2) is 4.21 Å². The SMILES string of the molecule is N[C@H]1CCC[C@@H](OS(=O)Cl)CC1. The Morgan fingerprint density at radius 1 is 1.33 bits per heavy atom. The van der Waals surface area contributed by atoms with Crippen molar-refractivity contribution in [1.29, 1.82) is 0 Å². The molecule has 2 N–H and O–H groups in total. The van der Waals surface area contributed by atoms with E-state index in [-0.39, 0.29) is 12.1 Å². The Hall–Kier alpha value is 0.360. The van der Waals surface area contributed by atoms with Crippen LogP contribution in [0.2, 0.25) is 0 Å². The number of nitrogens with two attached hydrogens (primary N) is 1. The lowest BCUT2D eigenvalue weighted by molar-refractivity contribution is 0.210. The van der Waals surface area contributed by atoms with E-state index in [4.69, 9.17) is 20.6 Å². The third kappa shape index (κ3) is 3.85. The summed E-state index contributed by atoms with van der Waals surface area (Å²) in [6, 6.07) is 0.280. The second kappa shape index (κ2) is 5.17. The van der Waals surface area contributed by atoms with Crippen molar-refractivity contribution in [2.24, 2.45) is 5.73 Å². The van der Waals surface area contributed by atoms with E-state index < -0.39 is 10.3 Å². The standard InChI is InChI=1S/C7H14ClNO2S/c8-12(10)11-7-3-1-2-6(9)4-5-7/h6-7H,1-5,9H2/t6-,7+,12?/m0/s1. The summed E-state index contributed by atoms with van der Waals surface area (Å²) < 4.78 is 15.5. The molecule has 1 unspecified atom stereocenters. The van der Waals surface area contributed by atoms with Gasteiger partial charge in [0.2, 0.25) is 0 Å². The van der Waals surface area contributed by atoms with Crippen LogP contribution in [0.25, 0.3) is 0 Å². The normalized spacial score (nSPS) is 34.2. The van der Waals surface area contributed by atoms with Crippen molar-refractivity contribution in [3.8, 4) is 0 Å². The lowest BCUT2D eigenvalue weighted by atomic mass is 10.1. The molecule has 0 aromatic heterocycles. The molecule has 1 aliphatic rings. The molecule has 5 heteroatoms. The zero-order chi connectivity index (χ0) is 8.97. The molecule has 0 heterocycles. The second-order valence-electron chi connectivity index (χ2n) is 3.18. The van der Waals surface area contributed by atoms with Gasteiger partial charge in [-0.05, 0) is 32.1 Å². The van der Waals surface area contributed by atoms with Crippen LogP contribution in [0.15, 0.2) is 0 Å². The van der Waals surface area contributed by atoms with Gasteiger partial charge < -0.3 is 5.73 Å². The van der Waals surface area contributed by atoms with Gasteiger partial charge in [-0.1, -0.05) is 0 Å². The first kappa shape index (κ1) is 10.4. The molecule has 1 fully saturated rings. The van der Waals surface area contributed by atoms with Crippen molar-refractivity contribution in [3.05, 3.63) is 0 Å². The molecule has 0 aromatic carbocycles. The van der Waals surface area contributed by atoms with Gasteiger partial charge in [0, 0.05) is 16.7 Å². The number of hydrogen-bond donors (Lipinski definition) is 1. The summed E-state index contributed by atoms with van der Waals surface area (Å²) in [4.78, 5) is 0. The number of rotatable bonds is 2. The first-order valence-corrected chi connectivity index (χ1v) is 6.09. The Morgan fingerprint density at radius 2 is 2.08 bits per heavy atom. The molecule has 0 amide bonds. The molecular formula is C7H14ClNO2S. The molecule has 1 saturated carbocycles.